The second-order valence-electron chi connectivity index (χ2n) is 4.13. The molecule has 0 bridgehead atoms. The largest absolute Gasteiger partial charge is 0.573 e. The molecule has 0 aliphatic heterocycles. The number of halogens is 3. The summed E-state index contributed by atoms with van der Waals surface area (Å²) in [6, 6.07) is 10.7. The average molecular weight is 292 g/mol. The van der Waals surface area contributed by atoms with Gasteiger partial charge in [0.2, 0.25) is 0 Å². The van der Waals surface area contributed by atoms with Crippen molar-refractivity contribution in [3.63, 3.8) is 0 Å². The van der Waals surface area contributed by atoms with Crippen LogP contribution in [0.2, 0.25) is 0 Å². The van der Waals surface area contributed by atoms with Gasteiger partial charge in [0.1, 0.15) is 11.5 Å². The van der Waals surface area contributed by atoms with Gasteiger partial charge < -0.3 is 9.47 Å². The van der Waals surface area contributed by atoms with E-state index in [2.05, 4.69) is 10.7 Å². The number of hydrogen-bond donors (Lipinski definition) is 0. The Balaban J connectivity index is 2.43. The zero-order valence-electron chi connectivity index (χ0n) is 11.1. The molecule has 0 fully saturated rings. The van der Waals surface area contributed by atoms with Crippen LogP contribution < -0.4 is 9.47 Å². The van der Waals surface area contributed by atoms with Crippen molar-refractivity contribution >= 4 is 0 Å². The van der Waals surface area contributed by atoms with Gasteiger partial charge in [-0.3, -0.25) is 0 Å². The molecule has 108 valence electrons. The summed E-state index contributed by atoms with van der Waals surface area (Å²) in [5, 5.41) is 0. The van der Waals surface area contributed by atoms with Gasteiger partial charge in [0.25, 0.3) is 0 Å². The van der Waals surface area contributed by atoms with Crippen LogP contribution in [0.15, 0.2) is 42.5 Å². The van der Waals surface area contributed by atoms with E-state index in [9.17, 15) is 13.2 Å². The van der Waals surface area contributed by atoms with E-state index in [-0.39, 0.29) is 5.75 Å². The van der Waals surface area contributed by atoms with Gasteiger partial charge in [-0.15, -0.1) is 19.6 Å². The van der Waals surface area contributed by atoms with Crippen molar-refractivity contribution in [2.45, 2.75) is 6.36 Å². The first-order valence-electron chi connectivity index (χ1n) is 5.94. The molecular formula is C16H11F3O2. The monoisotopic (exact) mass is 292 g/mol. The van der Waals surface area contributed by atoms with E-state index in [1.54, 1.807) is 24.3 Å². The van der Waals surface area contributed by atoms with E-state index in [1.807, 2.05) is 0 Å². The normalized spacial score (nSPS) is 10.8. The predicted octanol–water partition coefficient (Wildman–Crippen LogP) is 4.24. The summed E-state index contributed by atoms with van der Waals surface area (Å²) in [5.74, 6) is 2.78. The highest BCUT2D eigenvalue weighted by atomic mass is 19.4. The maximum Gasteiger partial charge on any atom is 0.573 e. The summed E-state index contributed by atoms with van der Waals surface area (Å²) in [5.41, 5.74) is 1.69. The van der Waals surface area contributed by atoms with Crippen molar-refractivity contribution in [2.24, 2.45) is 0 Å². The van der Waals surface area contributed by atoms with E-state index in [1.165, 1.54) is 25.3 Å². The van der Waals surface area contributed by atoms with Gasteiger partial charge in [-0.2, -0.15) is 0 Å². The second-order valence-corrected chi connectivity index (χ2v) is 4.13. The number of hydrogen-bond acceptors (Lipinski definition) is 2. The van der Waals surface area contributed by atoms with Crippen LogP contribution in [0.5, 0.6) is 11.5 Å². The Kier molecular flexibility index (Phi) is 4.08. The van der Waals surface area contributed by atoms with Gasteiger partial charge in [0.05, 0.1) is 7.11 Å². The van der Waals surface area contributed by atoms with Gasteiger partial charge in [0, 0.05) is 5.56 Å². The van der Waals surface area contributed by atoms with Crippen LogP contribution in [0.3, 0.4) is 0 Å². The molecule has 0 saturated carbocycles. The molecule has 0 atom stereocenters. The van der Waals surface area contributed by atoms with Gasteiger partial charge in [-0.25, -0.2) is 0 Å². The maximum absolute atomic E-state index is 12.2. The third-order valence-electron chi connectivity index (χ3n) is 2.76. The van der Waals surface area contributed by atoms with Gasteiger partial charge in [0.15, 0.2) is 0 Å². The topological polar surface area (TPSA) is 18.5 Å². The van der Waals surface area contributed by atoms with Crippen molar-refractivity contribution in [3.8, 4) is 35.0 Å². The lowest BCUT2D eigenvalue weighted by atomic mass is 9.99. The van der Waals surface area contributed by atoms with Gasteiger partial charge >= 0.3 is 6.36 Å². The van der Waals surface area contributed by atoms with E-state index in [0.717, 1.165) is 0 Å². The third kappa shape index (κ3) is 3.69. The fraction of sp³-hybridized carbons (Fsp3) is 0.125. The van der Waals surface area contributed by atoms with Crippen molar-refractivity contribution in [3.05, 3.63) is 48.0 Å². The van der Waals surface area contributed by atoms with Crippen LogP contribution in [0.4, 0.5) is 13.2 Å². The minimum absolute atomic E-state index is 0.293. The fourth-order valence-corrected chi connectivity index (χ4v) is 1.88. The molecule has 2 aromatic rings. The molecule has 0 aliphatic carbocycles. The zero-order valence-corrected chi connectivity index (χ0v) is 11.1. The lowest BCUT2D eigenvalue weighted by molar-refractivity contribution is -0.274. The van der Waals surface area contributed by atoms with Crippen molar-refractivity contribution < 1.29 is 22.6 Å². The van der Waals surface area contributed by atoms with Crippen LogP contribution >= 0.6 is 0 Å². The van der Waals surface area contributed by atoms with Crippen LogP contribution in [0.25, 0.3) is 11.1 Å². The Morgan fingerprint density at radius 1 is 1.05 bits per heavy atom. The highest BCUT2D eigenvalue weighted by Gasteiger charge is 2.31. The highest BCUT2D eigenvalue weighted by molar-refractivity contribution is 5.73. The molecule has 5 heteroatoms. The lowest BCUT2D eigenvalue weighted by Crippen LogP contribution is -2.17. The Morgan fingerprint density at radius 2 is 1.81 bits per heavy atom. The van der Waals surface area contributed by atoms with Crippen LogP contribution in [0.1, 0.15) is 5.56 Å². The lowest BCUT2D eigenvalue weighted by Gasteiger charge is -2.11. The number of terminal acetylenes is 1. The Labute approximate surface area is 120 Å². The molecule has 0 unspecified atom stereocenters. The smallest absolute Gasteiger partial charge is 0.497 e. The molecule has 0 N–H and O–H groups in total. The predicted molar refractivity (Wildman–Crippen MR) is 73.0 cm³/mol. The zero-order chi connectivity index (χ0) is 15.5. The SMILES string of the molecule is C#Cc1cc(OC)ccc1-c1cccc(OC(F)(F)F)c1. The summed E-state index contributed by atoms with van der Waals surface area (Å²) in [6.07, 6.45) is 0.706. The Morgan fingerprint density at radius 3 is 2.43 bits per heavy atom. The summed E-state index contributed by atoms with van der Waals surface area (Å²) >= 11 is 0. The van der Waals surface area contributed by atoms with Crippen molar-refractivity contribution in [1.29, 1.82) is 0 Å². The molecule has 0 aliphatic rings. The Hall–Kier alpha value is -2.61. The number of methoxy groups -OCH3 is 1. The molecule has 0 heterocycles. The van der Waals surface area contributed by atoms with E-state index >= 15 is 0 Å². The molecule has 2 aromatic carbocycles. The number of benzene rings is 2. The first-order valence-corrected chi connectivity index (χ1v) is 5.94. The molecular weight excluding hydrogens is 281 g/mol. The minimum Gasteiger partial charge on any atom is -0.497 e. The molecule has 0 spiro atoms. The summed E-state index contributed by atoms with van der Waals surface area (Å²) in [4.78, 5) is 0. The molecule has 0 radical (unpaired) electrons. The van der Waals surface area contributed by atoms with Crippen LogP contribution in [-0.2, 0) is 0 Å². The van der Waals surface area contributed by atoms with E-state index in [0.29, 0.717) is 22.4 Å². The summed E-state index contributed by atoms with van der Waals surface area (Å²) in [7, 11) is 1.51. The van der Waals surface area contributed by atoms with Crippen molar-refractivity contribution in [1.82, 2.24) is 0 Å². The fourth-order valence-electron chi connectivity index (χ4n) is 1.88. The first-order chi connectivity index (χ1) is 9.93. The number of alkyl halides is 3. The first kappa shape index (κ1) is 14.8. The number of ether oxygens (including phenoxy) is 2. The number of rotatable bonds is 3. The van der Waals surface area contributed by atoms with Crippen molar-refractivity contribution in [2.75, 3.05) is 7.11 Å². The molecule has 21 heavy (non-hydrogen) atoms. The molecule has 2 nitrogen and oxygen atoms in total. The molecule has 2 rings (SSSR count). The van der Waals surface area contributed by atoms with E-state index < -0.39 is 6.36 Å². The standard InChI is InChI=1S/C16H11F3O2/c1-3-11-9-13(20-2)7-8-15(11)12-5-4-6-14(10-12)21-16(17,18)19/h1,4-10H,2H3. The van der Waals surface area contributed by atoms with Gasteiger partial charge in [-0.05, 0) is 41.5 Å². The quantitative estimate of drug-likeness (QED) is 0.788. The van der Waals surface area contributed by atoms with E-state index in [4.69, 9.17) is 11.2 Å². The van der Waals surface area contributed by atoms with Crippen LogP contribution in [-0.4, -0.2) is 13.5 Å². The maximum atomic E-state index is 12.2. The average Bonchev–Trinajstić information content (AvgIpc) is 2.45. The van der Waals surface area contributed by atoms with Gasteiger partial charge in [-0.1, -0.05) is 18.1 Å². The minimum atomic E-state index is -4.73. The molecule has 0 aromatic heterocycles. The second kappa shape index (κ2) is 5.80. The summed E-state index contributed by atoms with van der Waals surface area (Å²) < 4.78 is 45.7. The van der Waals surface area contributed by atoms with Crippen LogP contribution in [0, 0.1) is 12.3 Å². The molecule has 0 saturated heterocycles. The summed E-state index contributed by atoms with van der Waals surface area (Å²) in [6.45, 7) is 0. The Bertz CT molecular complexity index is 685. The molecule has 0 amide bonds. The highest BCUT2D eigenvalue weighted by Crippen LogP contribution is 2.31. The third-order valence-corrected chi connectivity index (χ3v) is 2.76.